The molecular formula is C14H16N3O4-. The first-order valence-electron chi connectivity index (χ1n) is 6.31. The number of carbonyl (C=O) groups is 3. The lowest BCUT2D eigenvalue weighted by Gasteiger charge is -2.07. The van der Waals surface area contributed by atoms with E-state index in [4.69, 9.17) is 0 Å². The summed E-state index contributed by atoms with van der Waals surface area (Å²) in [5.41, 5.74) is 2.42. The van der Waals surface area contributed by atoms with Gasteiger partial charge in [-0.15, -0.1) is 0 Å². The maximum atomic E-state index is 11.4. The highest BCUT2D eigenvalue weighted by atomic mass is 16.4. The van der Waals surface area contributed by atoms with Crippen LogP contribution in [0.15, 0.2) is 29.4 Å². The lowest BCUT2D eigenvalue weighted by atomic mass is 10.1. The molecule has 1 aromatic carbocycles. The minimum atomic E-state index is -1.33. The van der Waals surface area contributed by atoms with Crippen molar-refractivity contribution in [2.24, 2.45) is 5.10 Å². The Balaban J connectivity index is 2.57. The lowest BCUT2D eigenvalue weighted by molar-refractivity contribution is -0.255. The average Bonchev–Trinajstić information content (AvgIpc) is 2.37. The van der Waals surface area contributed by atoms with Crippen LogP contribution in [0.2, 0.25) is 0 Å². The second kappa shape index (κ2) is 7.78. The standard InChI is InChI=1S/C14H17N3O4/c1-9(2)16-12(18)7-13(19)17-15-8-10-5-3-4-6-11(10)14(20)21/h3-6,8-9H,7H2,1-2H3,(H,16,18)(H,17,19)(H,20,21)/p-1/b15-8+. The van der Waals surface area contributed by atoms with Crippen LogP contribution in [0.3, 0.4) is 0 Å². The Kier molecular flexibility index (Phi) is 6.06. The number of nitrogens with one attached hydrogen (secondary N) is 2. The number of carboxylic acids is 1. The molecule has 1 aromatic rings. The molecule has 0 aromatic heterocycles. The Morgan fingerprint density at radius 1 is 1.24 bits per heavy atom. The molecule has 0 atom stereocenters. The van der Waals surface area contributed by atoms with Crippen LogP contribution in [0.1, 0.15) is 36.2 Å². The van der Waals surface area contributed by atoms with Gasteiger partial charge in [0.05, 0.1) is 12.2 Å². The second-order valence-corrected chi connectivity index (χ2v) is 4.57. The number of rotatable bonds is 6. The van der Waals surface area contributed by atoms with Gasteiger partial charge in [-0.1, -0.05) is 24.3 Å². The van der Waals surface area contributed by atoms with Crippen LogP contribution < -0.4 is 15.8 Å². The Morgan fingerprint density at radius 3 is 2.52 bits per heavy atom. The summed E-state index contributed by atoms with van der Waals surface area (Å²) in [5, 5.41) is 17.0. The van der Waals surface area contributed by atoms with Crippen LogP contribution in [-0.4, -0.2) is 30.0 Å². The van der Waals surface area contributed by atoms with Crippen molar-refractivity contribution in [1.82, 2.24) is 10.7 Å². The number of hydrogen-bond donors (Lipinski definition) is 2. The van der Waals surface area contributed by atoms with Gasteiger partial charge in [0.15, 0.2) is 0 Å². The SMILES string of the molecule is CC(C)NC(=O)CC(=O)N/N=C/c1ccccc1C(=O)[O-]. The molecule has 2 N–H and O–H groups in total. The largest absolute Gasteiger partial charge is 0.545 e. The summed E-state index contributed by atoms with van der Waals surface area (Å²) in [4.78, 5) is 33.6. The van der Waals surface area contributed by atoms with Crippen molar-refractivity contribution in [1.29, 1.82) is 0 Å². The van der Waals surface area contributed by atoms with Gasteiger partial charge in [0.2, 0.25) is 11.8 Å². The van der Waals surface area contributed by atoms with Gasteiger partial charge >= 0.3 is 0 Å². The molecule has 0 radical (unpaired) electrons. The zero-order valence-electron chi connectivity index (χ0n) is 11.8. The van der Waals surface area contributed by atoms with E-state index in [2.05, 4.69) is 15.8 Å². The number of hydrazone groups is 1. The average molecular weight is 290 g/mol. The van der Waals surface area contributed by atoms with Crippen LogP contribution in [0.5, 0.6) is 0 Å². The molecule has 0 fully saturated rings. The van der Waals surface area contributed by atoms with Gasteiger partial charge < -0.3 is 15.2 Å². The van der Waals surface area contributed by atoms with Gasteiger partial charge in [0.25, 0.3) is 0 Å². The van der Waals surface area contributed by atoms with Crippen LogP contribution in [0, 0.1) is 0 Å². The van der Waals surface area contributed by atoms with Crippen LogP contribution >= 0.6 is 0 Å². The van der Waals surface area contributed by atoms with E-state index in [0.717, 1.165) is 0 Å². The molecule has 112 valence electrons. The van der Waals surface area contributed by atoms with Gasteiger partial charge in [0, 0.05) is 17.2 Å². The Hall–Kier alpha value is -2.70. The molecule has 21 heavy (non-hydrogen) atoms. The summed E-state index contributed by atoms with van der Waals surface area (Å²) >= 11 is 0. The first kappa shape index (κ1) is 16.4. The quantitative estimate of drug-likeness (QED) is 0.414. The van der Waals surface area contributed by atoms with Gasteiger partial charge in [0.1, 0.15) is 6.42 Å². The molecule has 0 saturated carbocycles. The minimum Gasteiger partial charge on any atom is -0.545 e. The first-order valence-corrected chi connectivity index (χ1v) is 6.31. The maximum absolute atomic E-state index is 11.4. The van der Waals surface area contributed by atoms with Crippen LogP contribution in [-0.2, 0) is 9.59 Å². The van der Waals surface area contributed by atoms with E-state index in [1.54, 1.807) is 26.0 Å². The smallest absolute Gasteiger partial charge is 0.249 e. The summed E-state index contributed by atoms with van der Waals surface area (Å²) in [5.74, 6) is -2.33. The summed E-state index contributed by atoms with van der Waals surface area (Å²) in [7, 11) is 0. The molecule has 7 nitrogen and oxygen atoms in total. The normalized spacial score (nSPS) is 10.6. The summed E-state index contributed by atoms with van der Waals surface area (Å²) in [6, 6.07) is 6.02. The van der Waals surface area contributed by atoms with E-state index in [9.17, 15) is 19.5 Å². The molecule has 2 amide bonds. The molecule has 7 heteroatoms. The molecule has 1 rings (SSSR count). The zero-order chi connectivity index (χ0) is 15.8. The van der Waals surface area contributed by atoms with Gasteiger partial charge in [-0.3, -0.25) is 9.59 Å². The van der Waals surface area contributed by atoms with E-state index in [1.807, 2.05) is 0 Å². The second-order valence-electron chi connectivity index (χ2n) is 4.57. The molecule has 0 spiro atoms. The first-order chi connectivity index (χ1) is 9.90. The zero-order valence-corrected chi connectivity index (χ0v) is 11.8. The number of amides is 2. The third-order valence-electron chi connectivity index (χ3n) is 2.34. The monoisotopic (exact) mass is 290 g/mol. The summed E-state index contributed by atoms with van der Waals surface area (Å²) in [6.07, 6.45) is 0.834. The molecule has 0 aliphatic heterocycles. The Bertz CT molecular complexity index is 567. The number of nitrogens with zero attached hydrogens (tertiary/aromatic N) is 1. The number of benzene rings is 1. The van der Waals surface area contributed by atoms with Crippen LogP contribution in [0.4, 0.5) is 0 Å². The Labute approximate surface area is 122 Å². The molecule has 0 saturated heterocycles. The minimum absolute atomic E-state index is 0.0342. The number of carboxylic acid groups (broad SMARTS) is 1. The van der Waals surface area contributed by atoms with Gasteiger partial charge in [-0.05, 0) is 13.8 Å². The topological polar surface area (TPSA) is 111 Å². The van der Waals surface area contributed by atoms with Crippen molar-refractivity contribution in [3.05, 3.63) is 35.4 Å². The van der Waals surface area contributed by atoms with E-state index in [-0.39, 0.29) is 18.0 Å². The van der Waals surface area contributed by atoms with Gasteiger partial charge in [-0.2, -0.15) is 5.10 Å². The van der Waals surface area contributed by atoms with Crippen molar-refractivity contribution in [2.75, 3.05) is 0 Å². The highest BCUT2D eigenvalue weighted by Crippen LogP contribution is 2.04. The predicted molar refractivity (Wildman–Crippen MR) is 74.4 cm³/mol. The summed E-state index contributed by atoms with van der Waals surface area (Å²) < 4.78 is 0. The highest BCUT2D eigenvalue weighted by Gasteiger charge is 2.09. The number of aromatic carboxylic acids is 1. The molecule has 0 unspecified atom stereocenters. The molecular weight excluding hydrogens is 274 g/mol. The predicted octanol–water partition coefficient (Wildman–Crippen LogP) is -0.585. The van der Waals surface area contributed by atoms with E-state index in [1.165, 1.54) is 18.3 Å². The fourth-order valence-corrected chi connectivity index (χ4v) is 1.53. The third-order valence-corrected chi connectivity index (χ3v) is 2.34. The molecule has 0 bridgehead atoms. The van der Waals surface area contributed by atoms with E-state index < -0.39 is 17.8 Å². The third kappa shape index (κ3) is 5.85. The molecule has 0 heterocycles. The molecule has 0 aliphatic carbocycles. The lowest BCUT2D eigenvalue weighted by Crippen LogP contribution is -2.34. The van der Waals surface area contributed by atoms with E-state index in [0.29, 0.717) is 5.56 Å². The fraction of sp³-hybridized carbons (Fsp3) is 0.286. The van der Waals surface area contributed by atoms with Crippen molar-refractivity contribution < 1.29 is 19.5 Å². The van der Waals surface area contributed by atoms with E-state index >= 15 is 0 Å². The van der Waals surface area contributed by atoms with Crippen LogP contribution in [0.25, 0.3) is 0 Å². The highest BCUT2D eigenvalue weighted by molar-refractivity contribution is 5.99. The number of hydrogen-bond acceptors (Lipinski definition) is 5. The van der Waals surface area contributed by atoms with Crippen molar-refractivity contribution in [3.63, 3.8) is 0 Å². The van der Waals surface area contributed by atoms with Crippen molar-refractivity contribution in [2.45, 2.75) is 26.3 Å². The Morgan fingerprint density at radius 2 is 1.90 bits per heavy atom. The number of carbonyl (C=O) groups excluding carboxylic acids is 3. The summed E-state index contributed by atoms with van der Waals surface area (Å²) in [6.45, 7) is 3.57. The van der Waals surface area contributed by atoms with Crippen molar-refractivity contribution in [3.8, 4) is 0 Å². The maximum Gasteiger partial charge on any atom is 0.249 e. The van der Waals surface area contributed by atoms with Crippen molar-refractivity contribution >= 4 is 24.0 Å². The molecule has 0 aliphatic rings. The van der Waals surface area contributed by atoms with Gasteiger partial charge in [-0.25, -0.2) is 5.43 Å². The fourth-order valence-electron chi connectivity index (χ4n) is 1.53.